The van der Waals surface area contributed by atoms with E-state index < -0.39 is 33.4 Å². The third-order valence-corrected chi connectivity index (χ3v) is 6.76. The predicted molar refractivity (Wildman–Crippen MR) is 130 cm³/mol. The van der Waals surface area contributed by atoms with Crippen molar-refractivity contribution in [1.82, 2.24) is 0 Å². The van der Waals surface area contributed by atoms with Crippen molar-refractivity contribution in [2.75, 3.05) is 22.8 Å². The molecule has 35 heavy (non-hydrogen) atoms. The van der Waals surface area contributed by atoms with Crippen LogP contribution in [0.3, 0.4) is 0 Å². The number of aryl methyl sites for hydroxylation is 1. The maximum absolute atomic E-state index is 13.4. The first-order valence-corrected chi connectivity index (χ1v) is 12.0. The molecule has 0 spiro atoms. The summed E-state index contributed by atoms with van der Waals surface area (Å²) >= 11 is 0. The van der Waals surface area contributed by atoms with Crippen LogP contribution in [-0.2, 0) is 19.6 Å². The number of hydrogen-bond donors (Lipinski definition) is 1. The first-order chi connectivity index (χ1) is 16.6. The van der Waals surface area contributed by atoms with E-state index in [4.69, 9.17) is 4.74 Å². The fourth-order valence-corrected chi connectivity index (χ4v) is 4.65. The number of esters is 1. The Balaban J connectivity index is 1.96. The van der Waals surface area contributed by atoms with Crippen LogP contribution in [0.2, 0.25) is 0 Å². The molecule has 0 saturated carbocycles. The topological polar surface area (TPSA) is 136 Å². The highest BCUT2D eigenvalue weighted by Crippen LogP contribution is 2.27. The fraction of sp³-hybridized carbons (Fsp3) is 0.167. The lowest BCUT2D eigenvalue weighted by molar-refractivity contribution is -0.384. The Bertz CT molecular complexity index is 1360. The largest absolute Gasteiger partial charge is 0.462 e. The number of nitro benzene ring substituents is 1. The molecule has 0 heterocycles. The van der Waals surface area contributed by atoms with Crippen molar-refractivity contribution in [3.8, 4) is 0 Å². The number of ether oxygens (including phenoxy) is 1. The first-order valence-electron chi connectivity index (χ1n) is 10.5. The van der Waals surface area contributed by atoms with E-state index in [0.29, 0.717) is 11.3 Å². The Morgan fingerprint density at radius 1 is 1.03 bits per heavy atom. The average molecular weight is 498 g/mol. The van der Waals surface area contributed by atoms with Gasteiger partial charge in [0.15, 0.2) is 0 Å². The smallest absolute Gasteiger partial charge is 0.338 e. The highest BCUT2D eigenvalue weighted by atomic mass is 32.2. The Morgan fingerprint density at radius 3 is 2.40 bits per heavy atom. The zero-order valence-electron chi connectivity index (χ0n) is 19.0. The highest BCUT2D eigenvalue weighted by Gasteiger charge is 2.28. The monoisotopic (exact) mass is 497 g/mol. The van der Waals surface area contributed by atoms with Gasteiger partial charge in [0, 0.05) is 17.8 Å². The van der Waals surface area contributed by atoms with Gasteiger partial charge in [-0.1, -0.05) is 30.3 Å². The molecule has 0 saturated heterocycles. The number of carbonyl (C=O) groups is 2. The van der Waals surface area contributed by atoms with E-state index in [-0.39, 0.29) is 28.4 Å². The van der Waals surface area contributed by atoms with Gasteiger partial charge in [-0.2, -0.15) is 0 Å². The van der Waals surface area contributed by atoms with Gasteiger partial charge in [-0.25, -0.2) is 13.2 Å². The molecule has 0 aliphatic carbocycles. The molecule has 3 aromatic carbocycles. The van der Waals surface area contributed by atoms with Gasteiger partial charge in [-0.15, -0.1) is 0 Å². The summed E-state index contributed by atoms with van der Waals surface area (Å²) in [6, 6.07) is 17.1. The van der Waals surface area contributed by atoms with Crippen molar-refractivity contribution in [2.24, 2.45) is 0 Å². The number of sulfonamides is 1. The van der Waals surface area contributed by atoms with Gasteiger partial charge in [-0.3, -0.25) is 19.2 Å². The Labute approximate surface area is 202 Å². The Hall–Kier alpha value is -4.25. The number of nitrogens with one attached hydrogen (secondary N) is 1. The number of hydrogen-bond acceptors (Lipinski definition) is 7. The van der Waals surface area contributed by atoms with Gasteiger partial charge in [0.25, 0.3) is 15.7 Å². The number of benzene rings is 3. The van der Waals surface area contributed by atoms with Crippen LogP contribution in [-0.4, -0.2) is 38.4 Å². The molecule has 0 fully saturated rings. The van der Waals surface area contributed by atoms with E-state index in [9.17, 15) is 28.1 Å². The molecule has 3 rings (SSSR count). The van der Waals surface area contributed by atoms with Crippen molar-refractivity contribution in [1.29, 1.82) is 0 Å². The molecular weight excluding hydrogens is 474 g/mol. The minimum Gasteiger partial charge on any atom is -0.462 e. The number of amides is 1. The summed E-state index contributed by atoms with van der Waals surface area (Å²) < 4.78 is 32.6. The molecule has 0 unspecified atom stereocenters. The van der Waals surface area contributed by atoms with Gasteiger partial charge in [0.1, 0.15) is 6.54 Å². The van der Waals surface area contributed by atoms with Crippen LogP contribution in [0.5, 0.6) is 0 Å². The Morgan fingerprint density at radius 2 is 1.74 bits per heavy atom. The molecule has 0 aliphatic heterocycles. The van der Waals surface area contributed by atoms with Crippen molar-refractivity contribution >= 4 is 39.0 Å². The minimum atomic E-state index is -4.25. The summed E-state index contributed by atoms with van der Waals surface area (Å²) in [5.74, 6) is -1.27. The number of nitrogens with zero attached hydrogens (tertiary/aromatic N) is 2. The van der Waals surface area contributed by atoms with Crippen molar-refractivity contribution in [2.45, 2.75) is 18.7 Å². The summed E-state index contributed by atoms with van der Waals surface area (Å²) in [7, 11) is -4.25. The summed E-state index contributed by atoms with van der Waals surface area (Å²) in [4.78, 5) is 35.6. The standard InChI is InChI=1S/C24H23N3O7S/c1-3-34-24(29)18-13-12-17(2)22(14-18)25-23(28)16-26(19-8-7-9-20(15-19)27(30)31)35(32,33)21-10-5-4-6-11-21/h4-15H,3,16H2,1-2H3,(H,25,28). The fourth-order valence-electron chi connectivity index (χ4n) is 3.21. The number of carbonyl (C=O) groups excluding carboxylic acids is 2. The Kier molecular flexibility index (Phi) is 7.82. The molecule has 0 aromatic heterocycles. The molecule has 0 atom stereocenters. The molecule has 10 nitrogen and oxygen atoms in total. The van der Waals surface area contributed by atoms with Crippen LogP contribution < -0.4 is 9.62 Å². The minimum absolute atomic E-state index is 0.0461. The number of non-ortho nitro benzene ring substituents is 1. The van der Waals surface area contributed by atoms with Crippen LogP contribution in [0.1, 0.15) is 22.8 Å². The highest BCUT2D eigenvalue weighted by molar-refractivity contribution is 7.92. The van der Waals surface area contributed by atoms with Crippen molar-refractivity contribution in [3.05, 3.63) is 94.0 Å². The molecule has 0 bridgehead atoms. The first kappa shape index (κ1) is 25.4. The molecule has 182 valence electrons. The lowest BCUT2D eigenvalue weighted by Gasteiger charge is -2.24. The zero-order chi connectivity index (χ0) is 25.6. The molecule has 11 heteroatoms. The molecule has 3 aromatic rings. The lowest BCUT2D eigenvalue weighted by atomic mass is 10.1. The van der Waals surface area contributed by atoms with E-state index in [0.717, 1.165) is 10.4 Å². The molecule has 0 aliphatic rings. The summed E-state index contributed by atoms with van der Waals surface area (Å²) in [5.41, 5.74) is 0.792. The second-order valence-corrected chi connectivity index (χ2v) is 9.26. The van der Waals surface area contributed by atoms with Crippen LogP contribution in [0, 0.1) is 17.0 Å². The van der Waals surface area contributed by atoms with Gasteiger partial charge < -0.3 is 10.1 Å². The third kappa shape index (κ3) is 6.01. The second kappa shape index (κ2) is 10.8. The molecule has 1 amide bonds. The van der Waals surface area contributed by atoms with Gasteiger partial charge in [0.05, 0.1) is 27.7 Å². The van der Waals surface area contributed by atoms with Crippen molar-refractivity contribution in [3.63, 3.8) is 0 Å². The summed E-state index contributed by atoms with van der Waals surface area (Å²) in [5, 5.41) is 13.9. The number of nitro groups is 1. The van der Waals surface area contributed by atoms with E-state index >= 15 is 0 Å². The predicted octanol–water partition coefficient (Wildman–Crippen LogP) is 3.91. The van der Waals surface area contributed by atoms with E-state index in [1.807, 2.05) is 0 Å². The van der Waals surface area contributed by atoms with Crippen LogP contribution in [0.4, 0.5) is 17.1 Å². The van der Waals surface area contributed by atoms with Gasteiger partial charge >= 0.3 is 5.97 Å². The number of anilines is 2. The maximum Gasteiger partial charge on any atom is 0.338 e. The average Bonchev–Trinajstić information content (AvgIpc) is 2.84. The van der Waals surface area contributed by atoms with E-state index in [2.05, 4.69) is 5.32 Å². The van der Waals surface area contributed by atoms with Crippen LogP contribution >= 0.6 is 0 Å². The zero-order valence-corrected chi connectivity index (χ0v) is 19.8. The number of rotatable bonds is 9. The quantitative estimate of drug-likeness (QED) is 0.269. The summed E-state index contributed by atoms with van der Waals surface area (Å²) in [6.45, 7) is 2.90. The van der Waals surface area contributed by atoms with Crippen LogP contribution in [0.15, 0.2) is 77.7 Å². The maximum atomic E-state index is 13.4. The van der Waals surface area contributed by atoms with E-state index in [1.165, 1.54) is 48.5 Å². The second-order valence-electron chi connectivity index (χ2n) is 7.40. The van der Waals surface area contributed by atoms with Gasteiger partial charge in [-0.05, 0) is 49.7 Å². The SMILES string of the molecule is CCOC(=O)c1ccc(C)c(NC(=O)CN(c2cccc([N+](=O)[O-])c2)S(=O)(=O)c2ccccc2)c1. The normalized spacial score (nSPS) is 10.9. The lowest BCUT2D eigenvalue weighted by Crippen LogP contribution is -2.38. The van der Waals surface area contributed by atoms with E-state index in [1.54, 1.807) is 32.0 Å². The molecular formula is C24H23N3O7S. The third-order valence-electron chi connectivity index (χ3n) is 4.97. The van der Waals surface area contributed by atoms with Crippen LogP contribution in [0.25, 0.3) is 0 Å². The summed E-state index contributed by atoms with van der Waals surface area (Å²) in [6.07, 6.45) is 0. The van der Waals surface area contributed by atoms with Gasteiger partial charge in [0.2, 0.25) is 5.91 Å². The van der Waals surface area contributed by atoms with Crippen molar-refractivity contribution < 1.29 is 27.7 Å². The molecule has 1 N–H and O–H groups in total. The molecule has 0 radical (unpaired) electrons.